The molecule has 0 radical (unpaired) electrons. The summed E-state index contributed by atoms with van der Waals surface area (Å²) in [6.07, 6.45) is 0. The lowest BCUT2D eigenvalue weighted by Gasteiger charge is -2.56. The molecule has 2 heteroatoms. The number of carbonyl (C=O) groups is 1. The third-order valence-corrected chi connectivity index (χ3v) is 7.74. The number of β-lactam (4-membered cyclic amide) rings is 1. The summed E-state index contributed by atoms with van der Waals surface area (Å²) < 4.78 is 0. The van der Waals surface area contributed by atoms with Crippen LogP contribution in [0.4, 0.5) is 5.69 Å². The van der Waals surface area contributed by atoms with E-state index >= 15 is 0 Å². The van der Waals surface area contributed by atoms with E-state index in [-0.39, 0.29) is 11.9 Å². The van der Waals surface area contributed by atoms with Crippen LogP contribution in [0.15, 0.2) is 146 Å². The Morgan fingerprint density at radius 3 is 1.30 bits per heavy atom. The lowest BCUT2D eigenvalue weighted by molar-refractivity contribution is -0.131. The molecular formula is C35H25NO. The summed E-state index contributed by atoms with van der Waals surface area (Å²) in [6, 6.07) is 50.0. The number of anilines is 1. The molecule has 2 nitrogen and oxygen atoms in total. The number of hydrogen-bond acceptors (Lipinski definition) is 1. The predicted molar refractivity (Wildman–Crippen MR) is 150 cm³/mol. The molecule has 1 aliphatic heterocycles. The molecule has 0 aromatic heterocycles. The van der Waals surface area contributed by atoms with Crippen LogP contribution in [0, 0.1) is 0 Å². The van der Waals surface area contributed by atoms with Crippen LogP contribution >= 0.6 is 0 Å². The van der Waals surface area contributed by atoms with Crippen molar-refractivity contribution in [3.05, 3.63) is 162 Å². The minimum atomic E-state index is -0.841. The van der Waals surface area contributed by atoms with Gasteiger partial charge in [0.2, 0.25) is 5.91 Å². The lowest BCUT2D eigenvalue weighted by Crippen LogP contribution is -2.67. The maximum Gasteiger partial charge on any atom is 0.245 e. The predicted octanol–water partition coefficient (Wildman–Crippen LogP) is 7.97. The van der Waals surface area contributed by atoms with Gasteiger partial charge in [-0.05, 0) is 75.3 Å². The van der Waals surface area contributed by atoms with Crippen molar-refractivity contribution < 1.29 is 4.79 Å². The number of nitrogens with zero attached hydrogens (tertiary/aromatic N) is 1. The van der Waals surface area contributed by atoms with Crippen LogP contribution < -0.4 is 4.90 Å². The van der Waals surface area contributed by atoms with E-state index in [9.17, 15) is 4.79 Å². The van der Waals surface area contributed by atoms with Gasteiger partial charge >= 0.3 is 0 Å². The van der Waals surface area contributed by atoms with Crippen molar-refractivity contribution in [2.75, 3.05) is 4.90 Å². The van der Waals surface area contributed by atoms with E-state index in [1.807, 2.05) is 53.4 Å². The molecule has 2 aromatic carbocycles. The van der Waals surface area contributed by atoms with Gasteiger partial charge in [-0.15, -0.1) is 0 Å². The highest BCUT2D eigenvalue weighted by molar-refractivity contribution is 6.13. The summed E-state index contributed by atoms with van der Waals surface area (Å²) in [6.45, 7) is 0. The first kappa shape index (κ1) is 21.6. The van der Waals surface area contributed by atoms with Gasteiger partial charge in [-0.2, -0.15) is 0 Å². The first-order valence-corrected chi connectivity index (χ1v) is 12.7. The van der Waals surface area contributed by atoms with E-state index in [1.165, 1.54) is 0 Å². The Labute approximate surface area is 217 Å². The van der Waals surface area contributed by atoms with E-state index in [0.29, 0.717) is 0 Å². The number of rotatable bonds is 4. The van der Waals surface area contributed by atoms with Crippen LogP contribution in [-0.2, 0) is 10.2 Å². The summed E-state index contributed by atoms with van der Waals surface area (Å²) in [5.74, 6) is 0.104. The highest BCUT2D eigenvalue weighted by atomic mass is 16.2. The molecule has 2 aromatic rings. The first-order valence-electron chi connectivity index (χ1n) is 12.7. The third kappa shape index (κ3) is 3.23. The van der Waals surface area contributed by atoms with Gasteiger partial charge in [-0.25, -0.2) is 0 Å². The average molecular weight is 476 g/mol. The van der Waals surface area contributed by atoms with E-state index < -0.39 is 5.41 Å². The largest absolute Gasteiger partial charge is 0.302 e. The molecule has 1 fully saturated rings. The van der Waals surface area contributed by atoms with Crippen molar-refractivity contribution in [2.24, 2.45) is 0 Å². The Morgan fingerprint density at radius 1 is 0.486 bits per heavy atom. The van der Waals surface area contributed by atoms with Crippen molar-refractivity contribution >= 4 is 11.6 Å². The van der Waals surface area contributed by atoms with Crippen molar-refractivity contribution in [3.63, 3.8) is 0 Å². The molecule has 1 saturated heterocycles. The quantitative estimate of drug-likeness (QED) is 0.237. The molecule has 0 saturated carbocycles. The second kappa shape index (κ2) is 8.46. The summed E-state index contributed by atoms with van der Waals surface area (Å²) in [4.78, 5) is 16.6. The molecule has 37 heavy (non-hydrogen) atoms. The maximum atomic E-state index is 14.7. The monoisotopic (exact) mass is 475 g/mol. The molecule has 176 valence electrons. The van der Waals surface area contributed by atoms with Gasteiger partial charge < -0.3 is 4.90 Å². The molecule has 1 heterocycles. The SMILES string of the molecule is O=C1N(c2ccccc2)C(c2ccccc2)C1(c1cc2cccccc-2c1)c1cc2cccccc-2c1. The Bertz CT molecular complexity index is 1520. The number of fused-ring (bicyclic) bond motifs is 2. The standard InChI is InChI=1S/C35H25NO/c37-34-35(30-21-26-15-7-2-8-16-27(26)22-30,31-23-28-17-9-3-10-18-29(28)24-31)33(25-13-5-1-6-14-25)36(34)32-19-11-4-12-20-32/h1-24,33H. The number of carbonyl (C=O) groups excluding carboxylic acids is 1. The highest BCUT2D eigenvalue weighted by Gasteiger charge is 2.64. The van der Waals surface area contributed by atoms with Crippen molar-refractivity contribution in [3.8, 4) is 22.3 Å². The summed E-state index contributed by atoms with van der Waals surface area (Å²) >= 11 is 0. The second-order valence-electron chi connectivity index (χ2n) is 9.76. The number of hydrogen-bond donors (Lipinski definition) is 0. The normalized spacial score (nSPS) is 16.6. The van der Waals surface area contributed by atoms with Crippen molar-refractivity contribution in [1.82, 2.24) is 0 Å². The molecule has 4 aliphatic carbocycles. The molecule has 1 unspecified atom stereocenters. The molecule has 0 N–H and O–H groups in total. The van der Waals surface area contributed by atoms with E-state index in [4.69, 9.17) is 0 Å². The zero-order chi connectivity index (χ0) is 24.8. The van der Waals surface area contributed by atoms with Crippen LogP contribution in [-0.4, -0.2) is 5.91 Å². The van der Waals surface area contributed by atoms with E-state index in [1.54, 1.807) is 0 Å². The van der Waals surface area contributed by atoms with Gasteiger partial charge in [-0.3, -0.25) is 4.79 Å². The van der Waals surface area contributed by atoms with Gasteiger partial charge in [-0.1, -0.05) is 109 Å². The number of para-hydroxylation sites is 1. The summed E-state index contributed by atoms with van der Waals surface area (Å²) in [7, 11) is 0. The van der Waals surface area contributed by atoms with E-state index in [2.05, 4.69) is 97.1 Å². The fraction of sp³-hybridized carbons (Fsp3) is 0.0571. The zero-order valence-corrected chi connectivity index (χ0v) is 20.3. The second-order valence-corrected chi connectivity index (χ2v) is 9.76. The van der Waals surface area contributed by atoms with Gasteiger partial charge in [0.25, 0.3) is 0 Å². The van der Waals surface area contributed by atoms with Crippen LogP contribution in [0.5, 0.6) is 0 Å². The Morgan fingerprint density at radius 2 is 0.865 bits per heavy atom. The topological polar surface area (TPSA) is 20.3 Å². The van der Waals surface area contributed by atoms with Crippen molar-refractivity contribution in [2.45, 2.75) is 11.5 Å². The minimum absolute atomic E-state index is 0.104. The summed E-state index contributed by atoms with van der Waals surface area (Å²) in [5.41, 5.74) is 7.84. The first-order chi connectivity index (χ1) is 18.3. The Hall–Kier alpha value is -4.69. The van der Waals surface area contributed by atoms with Crippen LogP contribution in [0.3, 0.4) is 0 Å². The zero-order valence-electron chi connectivity index (χ0n) is 20.3. The molecule has 1 atom stereocenters. The molecule has 0 bridgehead atoms. The fourth-order valence-electron chi connectivity index (χ4n) is 6.06. The molecule has 5 aliphatic rings. The maximum absolute atomic E-state index is 14.7. The molecule has 7 rings (SSSR count). The number of amides is 1. The van der Waals surface area contributed by atoms with Crippen molar-refractivity contribution in [1.29, 1.82) is 0 Å². The number of benzene rings is 2. The Balaban J connectivity index is 1.54. The molecular weight excluding hydrogens is 450 g/mol. The van der Waals surface area contributed by atoms with Crippen LogP contribution in [0.2, 0.25) is 0 Å². The summed E-state index contributed by atoms with van der Waals surface area (Å²) in [5, 5.41) is 0. The highest BCUT2D eigenvalue weighted by Crippen LogP contribution is 2.59. The Kier molecular flexibility index (Phi) is 4.93. The van der Waals surface area contributed by atoms with Crippen LogP contribution in [0.25, 0.3) is 22.3 Å². The van der Waals surface area contributed by atoms with Gasteiger partial charge in [0.15, 0.2) is 0 Å². The lowest BCUT2D eigenvalue weighted by atomic mass is 9.60. The fourth-order valence-corrected chi connectivity index (χ4v) is 6.06. The molecule has 1 amide bonds. The van der Waals surface area contributed by atoms with Gasteiger partial charge in [0.05, 0.1) is 6.04 Å². The van der Waals surface area contributed by atoms with Gasteiger partial charge in [0, 0.05) is 5.69 Å². The minimum Gasteiger partial charge on any atom is -0.302 e. The van der Waals surface area contributed by atoms with Crippen LogP contribution in [0.1, 0.15) is 22.7 Å². The smallest absolute Gasteiger partial charge is 0.245 e. The average Bonchev–Trinajstić information content (AvgIpc) is 3.36. The van der Waals surface area contributed by atoms with Gasteiger partial charge in [0.1, 0.15) is 5.41 Å². The molecule has 0 spiro atoms. The van der Waals surface area contributed by atoms with E-state index in [0.717, 1.165) is 44.6 Å². The third-order valence-electron chi connectivity index (χ3n) is 7.74.